The van der Waals surface area contributed by atoms with E-state index in [9.17, 15) is 10.1 Å². The molecule has 2 aromatic rings. The van der Waals surface area contributed by atoms with Crippen molar-refractivity contribution in [3.63, 3.8) is 0 Å². The topological polar surface area (TPSA) is 61.6 Å². The smallest absolute Gasteiger partial charge is 0.276 e. The molecule has 0 aliphatic rings. The van der Waals surface area contributed by atoms with Crippen molar-refractivity contribution in [2.75, 3.05) is 7.11 Å². The summed E-state index contributed by atoms with van der Waals surface area (Å²) in [5.41, 5.74) is 1.53. The minimum absolute atomic E-state index is 0.0631. The Balaban J connectivity index is 2.14. The molecule has 0 saturated carbocycles. The maximum absolute atomic E-state index is 10.9. The molecular weight excluding hydrogens is 258 g/mol. The van der Waals surface area contributed by atoms with Gasteiger partial charge >= 0.3 is 0 Å². The van der Waals surface area contributed by atoms with Gasteiger partial charge in [-0.25, -0.2) is 0 Å². The van der Waals surface area contributed by atoms with Crippen LogP contribution in [0.25, 0.3) is 0 Å². The van der Waals surface area contributed by atoms with Gasteiger partial charge in [-0.3, -0.25) is 10.1 Å². The highest BCUT2D eigenvalue weighted by Gasteiger charge is 2.14. The lowest BCUT2D eigenvalue weighted by atomic mass is 10.2. The van der Waals surface area contributed by atoms with Crippen molar-refractivity contribution in [1.29, 1.82) is 0 Å². The zero-order valence-corrected chi connectivity index (χ0v) is 11.3. The van der Waals surface area contributed by atoms with Crippen LogP contribution in [0.5, 0.6) is 11.5 Å². The Labute approximate surface area is 116 Å². The third-order valence-corrected chi connectivity index (χ3v) is 2.98. The van der Waals surface area contributed by atoms with E-state index in [1.807, 2.05) is 24.3 Å². The number of hydrogen-bond acceptors (Lipinski definition) is 4. The quantitative estimate of drug-likeness (QED) is 0.618. The molecule has 0 aliphatic carbocycles. The van der Waals surface area contributed by atoms with E-state index in [2.05, 4.69) is 0 Å². The van der Waals surface area contributed by atoms with Gasteiger partial charge in [0, 0.05) is 6.07 Å². The molecule has 5 heteroatoms. The number of hydrogen-bond donors (Lipinski definition) is 0. The number of methoxy groups -OCH3 is 1. The summed E-state index contributed by atoms with van der Waals surface area (Å²) in [5, 5.41) is 10.9. The average molecular weight is 273 g/mol. The van der Waals surface area contributed by atoms with Crippen LogP contribution < -0.4 is 9.47 Å². The number of nitro benzene ring substituents is 1. The zero-order valence-electron chi connectivity index (χ0n) is 11.3. The molecule has 0 aromatic heterocycles. The Morgan fingerprint density at radius 3 is 2.65 bits per heavy atom. The van der Waals surface area contributed by atoms with Crippen molar-refractivity contribution in [1.82, 2.24) is 0 Å². The van der Waals surface area contributed by atoms with Crippen LogP contribution in [-0.4, -0.2) is 12.0 Å². The first-order valence-corrected chi connectivity index (χ1v) is 6.11. The van der Waals surface area contributed by atoms with Crippen LogP contribution in [0.1, 0.15) is 11.1 Å². The van der Waals surface area contributed by atoms with Crippen LogP contribution in [0.4, 0.5) is 5.69 Å². The summed E-state index contributed by atoms with van der Waals surface area (Å²) in [6.07, 6.45) is 0. The molecule has 104 valence electrons. The van der Waals surface area contributed by atoms with Crippen molar-refractivity contribution in [2.24, 2.45) is 0 Å². The number of nitrogens with zero attached hydrogens (tertiary/aromatic N) is 1. The standard InChI is InChI=1S/C15H15NO4/c1-11-14(16(17)18)7-4-8-15(11)20-10-12-5-3-6-13(9-12)19-2/h3-9H,10H2,1-2H3. The lowest BCUT2D eigenvalue weighted by Gasteiger charge is -2.10. The van der Waals surface area contributed by atoms with Gasteiger partial charge in [0.1, 0.15) is 18.1 Å². The van der Waals surface area contributed by atoms with Crippen molar-refractivity contribution < 1.29 is 14.4 Å². The highest BCUT2D eigenvalue weighted by Crippen LogP contribution is 2.27. The summed E-state index contributed by atoms with van der Waals surface area (Å²) in [7, 11) is 1.60. The number of nitro groups is 1. The largest absolute Gasteiger partial charge is 0.497 e. The Morgan fingerprint density at radius 2 is 1.95 bits per heavy atom. The first-order chi connectivity index (χ1) is 9.61. The highest BCUT2D eigenvalue weighted by atomic mass is 16.6. The van der Waals surface area contributed by atoms with Crippen molar-refractivity contribution >= 4 is 5.69 Å². The van der Waals surface area contributed by atoms with Crippen molar-refractivity contribution in [3.05, 3.63) is 63.7 Å². The molecule has 0 fully saturated rings. The minimum atomic E-state index is -0.409. The summed E-state index contributed by atoms with van der Waals surface area (Å²) in [5.74, 6) is 1.27. The molecule has 2 aromatic carbocycles. The van der Waals surface area contributed by atoms with Crippen molar-refractivity contribution in [2.45, 2.75) is 13.5 Å². The second-order valence-electron chi connectivity index (χ2n) is 4.30. The Hall–Kier alpha value is -2.56. The zero-order chi connectivity index (χ0) is 14.5. The van der Waals surface area contributed by atoms with E-state index in [0.717, 1.165) is 11.3 Å². The summed E-state index contributed by atoms with van der Waals surface area (Å²) in [6.45, 7) is 2.01. The molecule has 0 amide bonds. The first kappa shape index (κ1) is 13.9. The number of ether oxygens (including phenoxy) is 2. The summed E-state index contributed by atoms with van der Waals surface area (Å²) in [4.78, 5) is 10.5. The molecule has 0 spiro atoms. The van der Waals surface area contributed by atoms with E-state index in [0.29, 0.717) is 17.9 Å². The summed E-state index contributed by atoms with van der Waals surface area (Å²) < 4.78 is 10.8. The third-order valence-electron chi connectivity index (χ3n) is 2.98. The highest BCUT2D eigenvalue weighted by molar-refractivity contribution is 5.48. The van der Waals surface area contributed by atoms with Crippen LogP contribution in [0, 0.1) is 17.0 Å². The maximum Gasteiger partial charge on any atom is 0.276 e. The fourth-order valence-corrected chi connectivity index (χ4v) is 1.88. The van der Waals surface area contributed by atoms with Gasteiger partial charge in [0.2, 0.25) is 0 Å². The van der Waals surface area contributed by atoms with Gasteiger partial charge in [0.25, 0.3) is 5.69 Å². The van der Waals surface area contributed by atoms with Gasteiger partial charge in [-0.2, -0.15) is 0 Å². The van der Waals surface area contributed by atoms with E-state index in [1.165, 1.54) is 6.07 Å². The maximum atomic E-state index is 10.9. The fourth-order valence-electron chi connectivity index (χ4n) is 1.88. The molecule has 0 bridgehead atoms. The molecular formula is C15H15NO4. The van der Waals surface area contributed by atoms with E-state index in [4.69, 9.17) is 9.47 Å². The molecule has 2 rings (SSSR count). The van der Waals surface area contributed by atoms with E-state index in [1.54, 1.807) is 26.2 Å². The molecule has 0 unspecified atom stereocenters. The van der Waals surface area contributed by atoms with Gasteiger partial charge in [-0.05, 0) is 30.7 Å². The van der Waals surface area contributed by atoms with Crippen LogP contribution in [-0.2, 0) is 6.61 Å². The van der Waals surface area contributed by atoms with Crippen LogP contribution >= 0.6 is 0 Å². The van der Waals surface area contributed by atoms with Gasteiger partial charge in [0.05, 0.1) is 17.6 Å². The average Bonchev–Trinajstić information content (AvgIpc) is 2.46. The van der Waals surface area contributed by atoms with Crippen LogP contribution in [0.3, 0.4) is 0 Å². The fraction of sp³-hybridized carbons (Fsp3) is 0.200. The predicted molar refractivity (Wildman–Crippen MR) is 75.2 cm³/mol. The van der Waals surface area contributed by atoms with Crippen LogP contribution in [0.15, 0.2) is 42.5 Å². The van der Waals surface area contributed by atoms with Gasteiger partial charge < -0.3 is 9.47 Å². The third kappa shape index (κ3) is 3.06. The summed E-state index contributed by atoms with van der Waals surface area (Å²) in [6, 6.07) is 12.3. The molecule has 0 saturated heterocycles. The Bertz CT molecular complexity index is 625. The van der Waals surface area contributed by atoms with E-state index < -0.39 is 4.92 Å². The summed E-state index contributed by atoms with van der Waals surface area (Å²) >= 11 is 0. The first-order valence-electron chi connectivity index (χ1n) is 6.11. The molecule has 0 heterocycles. The lowest BCUT2D eigenvalue weighted by Crippen LogP contribution is -1.99. The number of rotatable bonds is 5. The normalized spacial score (nSPS) is 10.1. The second-order valence-corrected chi connectivity index (χ2v) is 4.30. The van der Waals surface area contributed by atoms with Gasteiger partial charge in [0.15, 0.2) is 0 Å². The Morgan fingerprint density at radius 1 is 1.20 bits per heavy atom. The van der Waals surface area contributed by atoms with Crippen LogP contribution in [0.2, 0.25) is 0 Å². The predicted octanol–water partition coefficient (Wildman–Crippen LogP) is 3.49. The molecule has 0 N–H and O–H groups in total. The molecule has 20 heavy (non-hydrogen) atoms. The number of benzene rings is 2. The van der Waals surface area contributed by atoms with Gasteiger partial charge in [-0.1, -0.05) is 18.2 Å². The minimum Gasteiger partial charge on any atom is -0.497 e. The molecule has 0 atom stereocenters. The molecule has 5 nitrogen and oxygen atoms in total. The van der Waals surface area contributed by atoms with Gasteiger partial charge in [-0.15, -0.1) is 0 Å². The van der Waals surface area contributed by atoms with E-state index >= 15 is 0 Å². The van der Waals surface area contributed by atoms with Crippen molar-refractivity contribution in [3.8, 4) is 11.5 Å². The lowest BCUT2D eigenvalue weighted by molar-refractivity contribution is -0.385. The Kier molecular flexibility index (Phi) is 4.20. The second kappa shape index (κ2) is 6.06. The molecule has 0 aliphatic heterocycles. The molecule has 0 radical (unpaired) electrons. The SMILES string of the molecule is COc1cccc(COc2cccc([N+](=O)[O-])c2C)c1. The van der Waals surface area contributed by atoms with E-state index in [-0.39, 0.29) is 5.69 Å². The monoisotopic (exact) mass is 273 g/mol.